The molecule has 0 radical (unpaired) electrons. The van der Waals surface area contributed by atoms with E-state index in [0.717, 1.165) is 81.9 Å². The van der Waals surface area contributed by atoms with Gasteiger partial charge in [0.2, 0.25) is 0 Å². The smallest absolute Gasteiger partial charge is 0.136 e. The van der Waals surface area contributed by atoms with Crippen LogP contribution in [0.3, 0.4) is 0 Å². The van der Waals surface area contributed by atoms with Crippen molar-refractivity contribution in [1.82, 2.24) is 0 Å². The number of hydrogen-bond donors (Lipinski definition) is 0. The number of benzene rings is 9. The van der Waals surface area contributed by atoms with Crippen LogP contribution in [-0.4, -0.2) is 0 Å². The van der Waals surface area contributed by atoms with Crippen molar-refractivity contribution in [2.45, 2.75) is 0 Å². The van der Waals surface area contributed by atoms with Gasteiger partial charge < -0.3 is 4.42 Å². The summed E-state index contributed by atoms with van der Waals surface area (Å²) in [6.07, 6.45) is 0. The second-order valence-electron chi connectivity index (χ2n) is 12.1. The van der Waals surface area contributed by atoms with Gasteiger partial charge >= 0.3 is 0 Å². The maximum absolute atomic E-state index is 8.57. The average Bonchev–Trinajstić information content (AvgIpc) is 3.55. The molecule has 9 aromatic carbocycles. The molecule has 1 heterocycles. The standard InChI is InChI=1S/C46H28O/c1-2-11-29(12-3-1)33-23-21-30-22-24-34(26-35(30)25-33)44-36-15-6-8-17-38(36)45(39-18-9-7-16-37(39)44)40-19-10-20-42-46(40)41-27-31-13-4-5-14-32(31)28-43(41)47-42/h1-28H/i1D,2D,3D,11D,12D. The minimum Gasteiger partial charge on any atom is -0.456 e. The summed E-state index contributed by atoms with van der Waals surface area (Å²) in [5.74, 6) is 0. The summed E-state index contributed by atoms with van der Waals surface area (Å²) in [4.78, 5) is 0. The number of rotatable bonds is 3. The van der Waals surface area contributed by atoms with Crippen molar-refractivity contribution in [1.29, 1.82) is 0 Å². The Hall–Kier alpha value is -6.18. The van der Waals surface area contributed by atoms with E-state index in [1.54, 1.807) is 0 Å². The van der Waals surface area contributed by atoms with E-state index >= 15 is 0 Å². The Balaban J connectivity index is 1.24. The van der Waals surface area contributed by atoms with Crippen molar-refractivity contribution >= 4 is 65.0 Å². The van der Waals surface area contributed by atoms with Gasteiger partial charge in [-0.05, 0) is 107 Å². The van der Waals surface area contributed by atoms with E-state index in [1.807, 2.05) is 18.2 Å². The molecule has 0 bridgehead atoms. The zero-order chi connectivity index (χ0) is 35.2. The first-order valence-corrected chi connectivity index (χ1v) is 15.8. The molecule has 1 nitrogen and oxygen atoms in total. The summed E-state index contributed by atoms with van der Waals surface area (Å²) in [7, 11) is 0. The van der Waals surface area contributed by atoms with Crippen LogP contribution in [0.25, 0.3) is 98.4 Å². The highest BCUT2D eigenvalue weighted by atomic mass is 16.3. The number of fused-ring (bicyclic) bond motifs is 7. The Morgan fingerprint density at radius 2 is 1.00 bits per heavy atom. The lowest BCUT2D eigenvalue weighted by Crippen LogP contribution is -1.91. The van der Waals surface area contributed by atoms with E-state index < -0.39 is 6.04 Å². The SMILES string of the molecule is [2H]c1c([2H])c([2H])c(-c2ccc3ccc(-c4c5ccccc5c(-c5cccc6oc7cc8ccccc8cc7c56)c5ccccc45)cc3c2)c([2H])c1[2H]. The van der Waals surface area contributed by atoms with Gasteiger partial charge in [0.1, 0.15) is 11.2 Å². The van der Waals surface area contributed by atoms with Gasteiger partial charge in [0.25, 0.3) is 0 Å². The van der Waals surface area contributed by atoms with Crippen LogP contribution in [0.2, 0.25) is 0 Å². The van der Waals surface area contributed by atoms with Crippen LogP contribution in [0, 0.1) is 0 Å². The molecular weight excluding hydrogens is 569 g/mol. The third-order valence-corrected chi connectivity index (χ3v) is 9.48. The van der Waals surface area contributed by atoms with Crippen LogP contribution in [-0.2, 0) is 0 Å². The molecule has 1 aromatic heterocycles. The summed E-state index contributed by atoms with van der Waals surface area (Å²) >= 11 is 0. The Bertz CT molecular complexity index is 3050. The zero-order valence-electron chi connectivity index (χ0n) is 30.2. The summed E-state index contributed by atoms with van der Waals surface area (Å²) in [5, 5.41) is 10.9. The predicted octanol–water partition coefficient (Wildman–Crippen LogP) is 13.2. The lowest BCUT2D eigenvalue weighted by atomic mass is 9.84. The molecule has 0 aliphatic heterocycles. The molecular formula is C46H28O. The minimum atomic E-state index is -0.394. The molecule has 0 aliphatic rings. The highest BCUT2D eigenvalue weighted by Gasteiger charge is 2.20. The van der Waals surface area contributed by atoms with Crippen molar-refractivity contribution in [3.8, 4) is 33.4 Å². The Kier molecular flexibility index (Phi) is 4.66. The first-order chi connectivity index (χ1) is 25.4. The van der Waals surface area contributed by atoms with Gasteiger partial charge in [-0.1, -0.05) is 139 Å². The lowest BCUT2D eigenvalue weighted by molar-refractivity contribution is 0.669. The largest absolute Gasteiger partial charge is 0.456 e. The normalized spacial score (nSPS) is 13.3. The third kappa shape index (κ3) is 4.03. The monoisotopic (exact) mass is 601 g/mol. The van der Waals surface area contributed by atoms with Gasteiger partial charge in [0.05, 0.1) is 6.85 Å². The van der Waals surface area contributed by atoms with Crippen LogP contribution in [0.1, 0.15) is 6.85 Å². The summed E-state index contributed by atoms with van der Waals surface area (Å²) in [5.41, 5.74) is 6.92. The number of hydrogen-bond acceptors (Lipinski definition) is 1. The maximum Gasteiger partial charge on any atom is 0.136 e. The fourth-order valence-corrected chi connectivity index (χ4v) is 7.40. The van der Waals surface area contributed by atoms with Crippen LogP contribution in [0.15, 0.2) is 174 Å². The summed E-state index contributed by atoms with van der Waals surface area (Å²) in [6, 6.07) is 46.9. The van der Waals surface area contributed by atoms with Crippen LogP contribution in [0.5, 0.6) is 0 Å². The maximum atomic E-state index is 8.57. The van der Waals surface area contributed by atoms with E-state index in [1.165, 1.54) is 5.39 Å². The molecule has 47 heavy (non-hydrogen) atoms. The van der Waals surface area contributed by atoms with Crippen molar-refractivity contribution in [2.24, 2.45) is 0 Å². The topological polar surface area (TPSA) is 13.1 Å². The van der Waals surface area contributed by atoms with Crippen molar-refractivity contribution in [3.63, 3.8) is 0 Å². The first kappa shape index (κ1) is 21.5. The van der Waals surface area contributed by atoms with Crippen LogP contribution >= 0.6 is 0 Å². The first-order valence-electron chi connectivity index (χ1n) is 18.3. The second-order valence-corrected chi connectivity index (χ2v) is 12.1. The predicted molar refractivity (Wildman–Crippen MR) is 200 cm³/mol. The molecule has 10 aromatic rings. The molecule has 10 rings (SSSR count). The molecule has 0 aliphatic carbocycles. The van der Waals surface area contributed by atoms with E-state index in [0.29, 0.717) is 5.56 Å². The molecule has 0 spiro atoms. The average molecular weight is 602 g/mol. The molecule has 0 amide bonds. The van der Waals surface area contributed by atoms with Gasteiger partial charge in [-0.2, -0.15) is 0 Å². The van der Waals surface area contributed by atoms with Gasteiger partial charge in [0, 0.05) is 10.8 Å². The molecule has 0 saturated heterocycles. The molecule has 0 fully saturated rings. The minimum absolute atomic E-state index is 0.201. The fourth-order valence-electron chi connectivity index (χ4n) is 7.40. The van der Waals surface area contributed by atoms with Crippen molar-refractivity contribution in [3.05, 3.63) is 170 Å². The molecule has 1 heteroatoms. The molecule has 0 N–H and O–H groups in total. The van der Waals surface area contributed by atoms with E-state index in [9.17, 15) is 0 Å². The number of furan rings is 1. The zero-order valence-corrected chi connectivity index (χ0v) is 25.2. The van der Waals surface area contributed by atoms with Crippen molar-refractivity contribution in [2.75, 3.05) is 0 Å². The fraction of sp³-hybridized carbons (Fsp3) is 0. The molecule has 0 saturated carbocycles. The van der Waals surface area contributed by atoms with Crippen LogP contribution in [0.4, 0.5) is 0 Å². The quantitative estimate of drug-likeness (QED) is 0.184. The highest BCUT2D eigenvalue weighted by Crippen LogP contribution is 2.47. The third-order valence-electron chi connectivity index (χ3n) is 9.48. The van der Waals surface area contributed by atoms with Gasteiger partial charge in [-0.15, -0.1) is 0 Å². The summed E-state index contributed by atoms with van der Waals surface area (Å²) in [6.45, 7) is 0. The second kappa shape index (κ2) is 10.2. The molecule has 0 atom stereocenters. The summed E-state index contributed by atoms with van der Waals surface area (Å²) < 4.78 is 48.1. The van der Waals surface area contributed by atoms with Gasteiger partial charge in [0.15, 0.2) is 0 Å². The Labute approximate surface area is 279 Å². The Morgan fingerprint density at radius 3 is 1.72 bits per heavy atom. The van der Waals surface area contributed by atoms with E-state index in [2.05, 4.69) is 121 Å². The molecule has 218 valence electrons. The van der Waals surface area contributed by atoms with E-state index in [4.69, 9.17) is 11.3 Å². The molecule has 0 unspecified atom stereocenters. The Morgan fingerprint density at radius 1 is 0.383 bits per heavy atom. The van der Waals surface area contributed by atoms with Gasteiger partial charge in [-0.25, -0.2) is 0 Å². The van der Waals surface area contributed by atoms with Crippen LogP contribution < -0.4 is 0 Å². The van der Waals surface area contributed by atoms with E-state index in [-0.39, 0.29) is 29.7 Å². The highest BCUT2D eigenvalue weighted by molar-refractivity contribution is 6.26. The van der Waals surface area contributed by atoms with Crippen molar-refractivity contribution < 1.29 is 11.3 Å². The van der Waals surface area contributed by atoms with Gasteiger partial charge in [-0.3, -0.25) is 0 Å². The lowest BCUT2D eigenvalue weighted by Gasteiger charge is -2.18.